The van der Waals surface area contributed by atoms with E-state index in [-0.39, 0.29) is 18.4 Å². The summed E-state index contributed by atoms with van der Waals surface area (Å²) >= 11 is 0. The summed E-state index contributed by atoms with van der Waals surface area (Å²) < 4.78 is 28.5. The lowest BCUT2D eigenvalue weighted by Crippen LogP contribution is -2.38. The summed E-state index contributed by atoms with van der Waals surface area (Å²) in [4.78, 5) is 8.55. The van der Waals surface area contributed by atoms with Crippen molar-refractivity contribution in [3.63, 3.8) is 0 Å². The molecule has 1 aliphatic rings. The zero-order valence-corrected chi connectivity index (χ0v) is 12.1. The molecule has 0 bridgehead atoms. The van der Waals surface area contributed by atoms with Crippen LogP contribution in [0.5, 0.6) is 5.75 Å². The SMILES string of the molecule is C[C@H](CO)N1CCCN(c2ccc(OC(F)F)cn2)CC1. The Hall–Kier alpha value is -1.47. The number of alkyl halides is 2. The Labute approximate surface area is 123 Å². The zero-order valence-electron chi connectivity index (χ0n) is 12.1. The molecular weight excluding hydrogens is 280 g/mol. The summed E-state index contributed by atoms with van der Waals surface area (Å²) in [5, 5.41) is 9.22. The second-order valence-electron chi connectivity index (χ2n) is 5.14. The van der Waals surface area contributed by atoms with E-state index in [2.05, 4.69) is 19.5 Å². The first-order valence-electron chi connectivity index (χ1n) is 7.11. The molecular formula is C14H21F2N3O2. The highest BCUT2D eigenvalue weighted by atomic mass is 19.3. The molecule has 1 atom stereocenters. The lowest BCUT2D eigenvalue weighted by atomic mass is 10.3. The monoisotopic (exact) mass is 301 g/mol. The van der Waals surface area contributed by atoms with E-state index < -0.39 is 6.61 Å². The van der Waals surface area contributed by atoms with Crippen LogP contribution in [-0.4, -0.2) is 60.4 Å². The Kier molecular flexibility index (Phi) is 5.69. The third-order valence-electron chi connectivity index (χ3n) is 3.69. The van der Waals surface area contributed by atoms with Gasteiger partial charge in [-0.25, -0.2) is 4.98 Å². The van der Waals surface area contributed by atoms with Crippen molar-refractivity contribution in [1.29, 1.82) is 0 Å². The molecule has 0 saturated carbocycles. The first kappa shape index (κ1) is 15.9. The van der Waals surface area contributed by atoms with Gasteiger partial charge in [-0.3, -0.25) is 4.90 Å². The van der Waals surface area contributed by atoms with Gasteiger partial charge < -0.3 is 14.7 Å². The van der Waals surface area contributed by atoms with Crippen LogP contribution in [-0.2, 0) is 0 Å². The number of nitrogens with zero attached hydrogens (tertiary/aromatic N) is 3. The van der Waals surface area contributed by atoms with E-state index in [1.807, 2.05) is 6.92 Å². The summed E-state index contributed by atoms with van der Waals surface area (Å²) in [6.07, 6.45) is 2.29. The fraction of sp³-hybridized carbons (Fsp3) is 0.643. The molecule has 1 aliphatic heterocycles. The Morgan fingerprint density at radius 2 is 2.10 bits per heavy atom. The highest BCUT2D eigenvalue weighted by molar-refractivity contribution is 5.41. The van der Waals surface area contributed by atoms with Gasteiger partial charge in [-0.05, 0) is 25.5 Å². The fourth-order valence-electron chi connectivity index (χ4n) is 2.45. The van der Waals surface area contributed by atoms with E-state index in [1.54, 1.807) is 6.07 Å². The van der Waals surface area contributed by atoms with Crippen LogP contribution in [0.3, 0.4) is 0 Å². The molecule has 1 aromatic rings. The van der Waals surface area contributed by atoms with Gasteiger partial charge in [-0.15, -0.1) is 0 Å². The van der Waals surface area contributed by atoms with E-state index in [1.165, 1.54) is 12.3 Å². The second-order valence-corrected chi connectivity index (χ2v) is 5.14. The highest BCUT2D eigenvalue weighted by Gasteiger charge is 2.19. The van der Waals surface area contributed by atoms with Crippen LogP contribution < -0.4 is 9.64 Å². The van der Waals surface area contributed by atoms with Crippen molar-refractivity contribution in [2.24, 2.45) is 0 Å². The van der Waals surface area contributed by atoms with Crippen molar-refractivity contribution in [1.82, 2.24) is 9.88 Å². The Balaban J connectivity index is 1.95. The van der Waals surface area contributed by atoms with E-state index in [4.69, 9.17) is 0 Å². The maximum atomic E-state index is 12.1. The number of aromatic nitrogens is 1. The summed E-state index contributed by atoms with van der Waals surface area (Å²) in [6, 6.07) is 3.36. The molecule has 2 heterocycles. The highest BCUT2D eigenvalue weighted by Crippen LogP contribution is 2.19. The van der Waals surface area contributed by atoms with Crippen LogP contribution in [0.2, 0.25) is 0 Å². The van der Waals surface area contributed by atoms with Gasteiger partial charge in [0, 0.05) is 32.2 Å². The molecule has 0 aromatic carbocycles. The van der Waals surface area contributed by atoms with Crippen molar-refractivity contribution in [3.8, 4) is 5.75 Å². The molecule has 21 heavy (non-hydrogen) atoms. The average molecular weight is 301 g/mol. The summed E-state index contributed by atoms with van der Waals surface area (Å²) in [7, 11) is 0. The first-order valence-corrected chi connectivity index (χ1v) is 7.11. The number of pyridine rings is 1. The van der Waals surface area contributed by atoms with Crippen molar-refractivity contribution in [3.05, 3.63) is 18.3 Å². The zero-order chi connectivity index (χ0) is 15.2. The number of hydrogen-bond donors (Lipinski definition) is 1. The standard InChI is InChI=1S/C14H21F2N3O2/c1-11(10-20)18-5-2-6-19(8-7-18)13-4-3-12(9-17-13)21-14(15)16/h3-4,9,11,14,20H,2,5-8,10H2,1H3/t11-/m1/s1. The number of aliphatic hydroxyl groups is 1. The van der Waals surface area contributed by atoms with Crippen LogP contribution in [0.15, 0.2) is 18.3 Å². The molecule has 7 heteroatoms. The minimum atomic E-state index is -2.83. The van der Waals surface area contributed by atoms with Crippen LogP contribution in [0.25, 0.3) is 0 Å². The molecule has 0 spiro atoms. The molecule has 0 aliphatic carbocycles. The van der Waals surface area contributed by atoms with E-state index in [9.17, 15) is 13.9 Å². The van der Waals surface area contributed by atoms with Gasteiger partial charge in [-0.2, -0.15) is 8.78 Å². The predicted octanol–water partition coefficient (Wildman–Crippen LogP) is 1.58. The quantitative estimate of drug-likeness (QED) is 0.895. The van der Waals surface area contributed by atoms with Gasteiger partial charge in [0.25, 0.3) is 0 Å². The van der Waals surface area contributed by atoms with Gasteiger partial charge in [0.1, 0.15) is 11.6 Å². The number of ether oxygens (including phenoxy) is 1. The number of hydrogen-bond acceptors (Lipinski definition) is 5. The van der Waals surface area contributed by atoms with E-state index >= 15 is 0 Å². The minimum Gasteiger partial charge on any atom is -0.433 e. The Morgan fingerprint density at radius 1 is 1.29 bits per heavy atom. The summed E-state index contributed by atoms with van der Waals surface area (Å²) in [5.41, 5.74) is 0. The molecule has 5 nitrogen and oxygen atoms in total. The molecule has 0 radical (unpaired) electrons. The van der Waals surface area contributed by atoms with Crippen molar-refractivity contribution >= 4 is 5.82 Å². The molecule has 0 unspecified atom stereocenters. The molecule has 1 N–H and O–H groups in total. The van der Waals surface area contributed by atoms with Crippen molar-refractivity contribution < 1.29 is 18.6 Å². The molecule has 2 rings (SSSR count). The molecule has 0 amide bonds. The summed E-state index contributed by atoms with van der Waals surface area (Å²) in [6.45, 7) is 2.76. The average Bonchev–Trinajstić information content (AvgIpc) is 2.72. The number of rotatable bonds is 5. The van der Waals surface area contributed by atoms with Gasteiger partial charge >= 0.3 is 6.61 Å². The predicted molar refractivity (Wildman–Crippen MR) is 75.8 cm³/mol. The van der Waals surface area contributed by atoms with Crippen LogP contribution in [0.4, 0.5) is 14.6 Å². The van der Waals surface area contributed by atoms with Gasteiger partial charge in [0.15, 0.2) is 0 Å². The fourth-order valence-corrected chi connectivity index (χ4v) is 2.45. The third kappa shape index (κ3) is 4.50. The van der Waals surface area contributed by atoms with Crippen LogP contribution >= 0.6 is 0 Å². The van der Waals surface area contributed by atoms with E-state index in [0.717, 1.165) is 38.4 Å². The number of anilines is 1. The van der Waals surface area contributed by atoms with E-state index in [0.29, 0.717) is 0 Å². The largest absolute Gasteiger partial charge is 0.433 e. The molecule has 118 valence electrons. The smallest absolute Gasteiger partial charge is 0.387 e. The first-order chi connectivity index (χ1) is 10.1. The van der Waals surface area contributed by atoms with Crippen LogP contribution in [0, 0.1) is 0 Å². The lowest BCUT2D eigenvalue weighted by Gasteiger charge is -2.26. The number of halogens is 2. The topological polar surface area (TPSA) is 48.8 Å². The lowest BCUT2D eigenvalue weighted by molar-refractivity contribution is -0.0500. The van der Waals surface area contributed by atoms with Crippen LogP contribution in [0.1, 0.15) is 13.3 Å². The van der Waals surface area contributed by atoms with Gasteiger partial charge in [0.05, 0.1) is 12.8 Å². The Morgan fingerprint density at radius 3 is 2.71 bits per heavy atom. The Bertz CT molecular complexity index is 431. The molecule has 1 aromatic heterocycles. The summed E-state index contributed by atoms with van der Waals surface area (Å²) in [5.74, 6) is 0.828. The molecule has 1 saturated heterocycles. The number of aliphatic hydroxyl groups excluding tert-OH is 1. The van der Waals surface area contributed by atoms with Crippen molar-refractivity contribution in [2.45, 2.75) is 26.0 Å². The third-order valence-corrected chi connectivity index (χ3v) is 3.69. The normalized spacial score (nSPS) is 18.6. The second kappa shape index (κ2) is 7.51. The molecule has 1 fully saturated rings. The maximum absolute atomic E-state index is 12.1. The van der Waals surface area contributed by atoms with Crippen molar-refractivity contribution in [2.75, 3.05) is 37.7 Å². The van der Waals surface area contributed by atoms with Gasteiger partial charge in [-0.1, -0.05) is 0 Å². The minimum absolute atomic E-state index is 0.0686. The maximum Gasteiger partial charge on any atom is 0.387 e. The van der Waals surface area contributed by atoms with Gasteiger partial charge in [0.2, 0.25) is 0 Å².